The molecule has 1 heterocycles. The average molecular weight is 263 g/mol. The Morgan fingerprint density at radius 2 is 2.16 bits per heavy atom. The van der Waals surface area contributed by atoms with Crippen LogP contribution in [0, 0.1) is 12.7 Å². The number of aromatic nitrogens is 2. The zero-order chi connectivity index (χ0) is 14.0. The summed E-state index contributed by atoms with van der Waals surface area (Å²) in [7, 11) is 3.39. The lowest BCUT2D eigenvalue weighted by Crippen LogP contribution is -2.08. The van der Waals surface area contributed by atoms with Gasteiger partial charge in [0.05, 0.1) is 12.8 Å². The van der Waals surface area contributed by atoms with E-state index in [1.807, 2.05) is 24.6 Å². The number of hydrogen-bond donors (Lipinski definition) is 1. The highest BCUT2D eigenvalue weighted by atomic mass is 19.1. The molecule has 0 amide bonds. The molecule has 0 bridgehead atoms. The van der Waals surface area contributed by atoms with E-state index < -0.39 is 0 Å². The van der Waals surface area contributed by atoms with Crippen LogP contribution >= 0.6 is 0 Å². The number of hydrogen-bond acceptors (Lipinski definition) is 3. The number of imidazole rings is 1. The number of halogens is 1. The van der Waals surface area contributed by atoms with Crippen molar-refractivity contribution in [2.24, 2.45) is 12.8 Å². The third-order valence-electron chi connectivity index (χ3n) is 3.27. The van der Waals surface area contributed by atoms with Crippen molar-refractivity contribution in [2.45, 2.75) is 13.3 Å². The molecular weight excluding hydrogens is 245 g/mol. The minimum absolute atomic E-state index is 0.236. The number of methoxy groups -OCH3 is 1. The molecule has 2 aromatic rings. The SMILES string of the molecule is COc1ccc(-c2nc(CCN)n(C)c2C)cc1F. The Morgan fingerprint density at radius 3 is 2.74 bits per heavy atom. The van der Waals surface area contributed by atoms with Crippen LogP contribution < -0.4 is 10.5 Å². The quantitative estimate of drug-likeness (QED) is 0.918. The maximum absolute atomic E-state index is 13.7. The normalized spacial score (nSPS) is 10.8. The van der Waals surface area contributed by atoms with Gasteiger partial charge >= 0.3 is 0 Å². The van der Waals surface area contributed by atoms with Gasteiger partial charge in [-0.25, -0.2) is 9.37 Å². The van der Waals surface area contributed by atoms with Crippen LogP contribution in [-0.4, -0.2) is 23.2 Å². The minimum atomic E-state index is -0.384. The van der Waals surface area contributed by atoms with Gasteiger partial charge in [0.15, 0.2) is 11.6 Å². The molecule has 1 aromatic carbocycles. The fourth-order valence-electron chi connectivity index (χ4n) is 2.08. The molecule has 0 aliphatic carbocycles. The van der Waals surface area contributed by atoms with E-state index >= 15 is 0 Å². The number of nitrogens with two attached hydrogens (primary N) is 1. The summed E-state index contributed by atoms with van der Waals surface area (Å²) in [5, 5.41) is 0. The molecule has 0 unspecified atom stereocenters. The number of ether oxygens (including phenoxy) is 1. The van der Waals surface area contributed by atoms with Crippen LogP contribution in [0.15, 0.2) is 18.2 Å². The van der Waals surface area contributed by atoms with Crippen molar-refractivity contribution in [3.05, 3.63) is 35.5 Å². The number of benzene rings is 1. The van der Waals surface area contributed by atoms with Crippen LogP contribution in [0.1, 0.15) is 11.5 Å². The lowest BCUT2D eigenvalue weighted by Gasteiger charge is -2.04. The molecular formula is C14H18FN3O. The van der Waals surface area contributed by atoms with Gasteiger partial charge in [-0.1, -0.05) is 0 Å². The van der Waals surface area contributed by atoms with Gasteiger partial charge in [-0.05, 0) is 31.7 Å². The van der Waals surface area contributed by atoms with E-state index in [2.05, 4.69) is 4.98 Å². The molecule has 102 valence electrons. The highest BCUT2D eigenvalue weighted by Gasteiger charge is 2.14. The first kappa shape index (κ1) is 13.5. The second kappa shape index (κ2) is 5.40. The predicted octanol–water partition coefficient (Wildman–Crippen LogP) is 2.04. The van der Waals surface area contributed by atoms with Crippen LogP contribution in [-0.2, 0) is 13.5 Å². The van der Waals surface area contributed by atoms with Gasteiger partial charge < -0.3 is 15.0 Å². The minimum Gasteiger partial charge on any atom is -0.494 e. The van der Waals surface area contributed by atoms with Crippen molar-refractivity contribution >= 4 is 0 Å². The van der Waals surface area contributed by atoms with Crippen molar-refractivity contribution in [1.29, 1.82) is 0 Å². The first-order valence-electron chi connectivity index (χ1n) is 6.14. The van der Waals surface area contributed by atoms with E-state index in [9.17, 15) is 4.39 Å². The van der Waals surface area contributed by atoms with Gasteiger partial charge in [0.2, 0.25) is 0 Å². The summed E-state index contributed by atoms with van der Waals surface area (Å²) in [5.74, 6) is 0.760. The van der Waals surface area contributed by atoms with Gasteiger partial charge in [0.1, 0.15) is 5.82 Å². The summed E-state index contributed by atoms with van der Waals surface area (Å²) in [5.41, 5.74) is 8.08. The van der Waals surface area contributed by atoms with Crippen molar-refractivity contribution in [3.63, 3.8) is 0 Å². The average Bonchev–Trinajstić information content (AvgIpc) is 2.67. The third-order valence-corrected chi connectivity index (χ3v) is 3.27. The molecule has 2 N–H and O–H groups in total. The van der Waals surface area contributed by atoms with Crippen molar-refractivity contribution in [3.8, 4) is 17.0 Å². The standard InChI is InChI=1S/C14H18FN3O/c1-9-14(17-13(6-7-16)18(9)2)10-4-5-12(19-3)11(15)8-10/h4-5,8H,6-7,16H2,1-3H3. The van der Waals surface area contributed by atoms with Crippen molar-refractivity contribution < 1.29 is 9.13 Å². The predicted molar refractivity (Wildman–Crippen MR) is 72.6 cm³/mol. The van der Waals surface area contributed by atoms with Crippen LogP contribution in [0.4, 0.5) is 4.39 Å². The molecule has 0 radical (unpaired) electrons. The molecule has 0 atom stereocenters. The van der Waals surface area contributed by atoms with Crippen LogP contribution in [0.2, 0.25) is 0 Å². The zero-order valence-electron chi connectivity index (χ0n) is 11.4. The maximum Gasteiger partial charge on any atom is 0.165 e. The molecule has 0 saturated carbocycles. The Morgan fingerprint density at radius 1 is 1.42 bits per heavy atom. The van der Waals surface area contributed by atoms with E-state index in [1.165, 1.54) is 13.2 Å². The van der Waals surface area contributed by atoms with Gasteiger partial charge in [-0.3, -0.25) is 0 Å². The van der Waals surface area contributed by atoms with Gasteiger partial charge in [-0.15, -0.1) is 0 Å². The van der Waals surface area contributed by atoms with Crippen molar-refractivity contribution in [1.82, 2.24) is 9.55 Å². The highest BCUT2D eigenvalue weighted by Crippen LogP contribution is 2.27. The summed E-state index contributed by atoms with van der Waals surface area (Å²) in [6.07, 6.45) is 0.704. The van der Waals surface area contributed by atoms with E-state index in [1.54, 1.807) is 6.07 Å². The second-order valence-electron chi connectivity index (χ2n) is 4.41. The molecule has 2 rings (SSSR count). The topological polar surface area (TPSA) is 53.1 Å². The smallest absolute Gasteiger partial charge is 0.165 e. The number of rotatable bonds is 4. The third kappa shape index (κ3) is 2.46. The Bertz CT molecular complexity index is 593. The zero-order valence-corrected chi connectivity index (χ0v) is 11.4. The first-order valence-corrected chi connectivity index (χ1v) is 6.14. The molecule has 19 heavy (non-hydrogen) atoms. The molecule has 5 heteroatoms. The fourth-order valence-corrected chi connectivity index (χ4v) is 2.08. The van der Waals surface area contributed by atoms with Gasteiger partial charge in [-0.2, -0.15) is 0 Å². The van der Waals surface area contributed by atoms with Gasteiger partial charge in [0, 0.05) is 24.7 Å². The van der Waals surface area contributed by atoms with Crippen LogP contribution in [0.5, 0.6) is 5.75 Å². The Labute approximate surface area is 112 Å². The summed E-state index contributed by atoms with van der Waals surface area (Å²) >= 11 is 0. The van der Waals surface area contributed by atoms with Crippen LogP contribution in [0.3, 0.4) is 0 Å². The number of nitrogens with zero attached hydrogens (tertiary/aromatic N) is 2. The largest absolute Gasteiger partial charge is 0.494 e. The molecule has 0 aliphatic heterocycles. The van der Waals surface area contributed by atoms with E-state index in [4.69, 9.17) is 10.5 Å². The lowest BCUT2D eigenvalue weighted by molar-refractivity contribution is 0.386. The van der Waals surface area contributed by atoms with Gasteiger partial charge in [0.25, 0.3) is 0 Å². The Balaban J connectivity index is 2.47. The van der Waals surface area contributed by atoms with E-state index in [0.717, 1.165) is 22.8 Å². The first-order chi connectivity index (χ1) is 9.08. The molecule has 0 saturated heterocycles. The van der Waals surface area contributed by atoms with E-state index in [-0.39, 0.29) is 11.6 Å². The Hall–Kier alpha value is -1.88. The molecule has 4 nitrogen and oxygen atoms in total. The van der Waals surface area contributed by atoms with Crippen molar-refractivity contribution in [2.75, 3.05) is 13.7 Å². The summed E-state index contributed by atoms with van der Waals surface area (Å²) in [4.78, 5) is 4.54. The van der Waals surface area contributed by atoms with Crippen LogP contribution in [0.25, 0.3) is 11.3 Å². The highest BCUT2D eigenvalue weighted by molar-refractivity contribution is 5.63. The molecule has 0 fully saturated rings. The molecule has 0 spiro atoms. The fraction of sp³-hybridized carbons (Fsp3) is 0.357. The molecule has 1 aromatic heterocycles. The maximum atomic E-state index is 13.7. The summed E-state index contributed by atoms with van der Waals surface area (Å²) in [6, 6.07) is 4.87. The monoisotopic (exact) mass is 263 g/mol. The summed E-state index contributed by atoms with van der Waals surface area (Å²) < 4.78 is 20.7. The Kier molecular flexibility index (Phi) is 3.85. The van der Waals surface area contributed by atoms with E-state index in [0.29, 0.717) is 13.0 Å². The lowest BCUT2D eigenvalue weighted by atomic mass is 10.1. The summed E-state index contributed by atoms with van der Waals surface area (Å²) in [6.45, 7) is 2.51. The molecule has 0 aliphatic rings. The second-order valence-corrected chi connectivity index (χ2v) is 4.41.